The fourth-order valence-corrected chi connectivity index (χ4v) is 3.37. The Morgan fingerprint density at radius 3 is 1.65 bits per heavy atom. The molecule has 0 rings (SSSR count). The second-order valence-electron chi connectivity index (χ2n) is 8.17. The summed E-state index contributed by atoms with van der Waals surface area (Å²) in [5.74, 6) is -3.01. The van der Waals surface area contributed by atoms with E-state index < -0.39 is 24.1 Å². The van der Waals surface area contributed by atoms with Gasteiger partial charge in [-0.1, -0.05) is 103 Å². The number of carbonyl (C=O) groups excluding carboxylic acids is 2. The van der Waals surface area contributed by atoms with Crippen LogP contribution in [-0.4, -0.2) is 30.7 Å². The van der Waals surface area contributed by atoms with Crippen molar-refractivity contribution in [3.63, 3.8) is 0 Å². The van der Waals surface area contributed by atoms with Crippen LogP contribution in [0.1, 0.15) is 110 Å². The van der Waals surface area contributed by atoms with Crippen LogP contribution in [0, 0.1) is 0 Å². The summed E-state index contributed by atoms with van der Waals surface area (Å²) in [6.07, 6.45) is 14.5. The van der Waals surface area contributed by atoms with E-state index in [1.807, 2.05) is 0 Å². The molecule has 1 unspecified atom stereocenters. The largest absolute Gasteiger partial charge is 0.471 e. The zero-order valence-corrected chi connectivity index (χ0v) is 19.2. The quantitative estimate of drug-likeness (QED) is 0.123. The molecule has 1 amide bonds. The molecule has 4 nitrogen and oxygen atoms in total. The van der Waals surface area contributed by atoms with E-state index in [9.17, 15) is 22.8 Å². The van der Waals surface area contributed by atoms with E-state index in [2.05, 4.69) is 13.5 Å². The third-order valence-electron chi connectivity index (χ3n) is 5.24. The van der Waals surface area contributed by atoms with Gasteiger partial charge in [0.2, 0.25) is 0 Å². The molecule has 0 aromatic carbocycles. The topological polar surface area (TPSA) is 55.4 Å². The average Bonchev–Trinajstić information content (AvgIpc) is 2.72. The maximum Gasteiger partial charge on any atom is 0.471 e. The van der Waals surface area contributed by atoms with Crippen molar-refractivity contribution >= 4 is 11.9 Å². The second-order valence-corrected chi connectivity index (χ2v) is 8.17. The predicted molar refractivity (Wildman–Crippen MR) is 119 cm³/mol. The lowest BCUT2D eigenvalue weighted by Crippen LogP contribution is -2.47. The number of amides is 1. The Bertz CT molecular complexity index is 481. The maximum atomic E-state index is 12.3. The molecule has 0 heterocycles. The summed E-state index contributed by atoms with van der Waals surface area (Å²) in [7, 11) is 0. The summed E-state index contributed by atoms with van der Waals surface area (Å²) in [5.41, 5.74) is 0. The molecule has 0 aliphatic carbocycles. The first-order valence-corrected chi connectivity index (χ1v) is 12.0. The Morgan fingerprint density at radius 2 is 1.26 bits per heavy atom. The lowest BCUT2D eigenvalue weighted by Gasteiger charge is -2.17. The molecule has 31 heavy (non-hydrogen) atoms. The van der Waals surface area contributed by atoms with Crippen LogP contribution < -0.4 is 5.32 Å². The molecule has 0 aliphatic heterocycles. The van der Waals surface area contributed by atoms with E-state index in [4.69, 9.17) is 4.74 Å². The van der Waals surface area contributed by atoms with Crippen molar-refractivity contribution in [2.24, 2.45) is 0 Å². The molecule has 0 aliphatic rings. The standard InChI is InChI=1S/C24H42F3NO3/c1-3-5-6-7-8-9-10-11-12-13-14-15-16-17-18-20-31-22(29)21(19-4-2)28-23(30)24(25,26)27/h4,21H,2-3,5-20H2,1H3,(H,28,30). The van der Waals surface area contributed by atoms with Crippen LogP contribution in [0.15, 0.2) is 12.7 Å². The molecular formula is C24H42F3NO3. The monoisotopic (exact) mass is 449 g/mol. The van der Waals surface area contributed by atoms with Crippen LogP contribution in [0.25, 0.3) is 0 Å². The Hall–Kier alpha value is -1.53. The number of rotatable bonds is 20. The Balaban J connectivity index is 3.61. The first kappa shape index (κ1) is 29.5. The summed E-state index contributed by atoms with van der Waals surface area (Å²) < 4.78 is 42.0. The van der Waals surface area contributed by atoms with Crippen molar-refractivity contribution in [1.29, 1.82) is 0 Å². The zero-order chi connectivity index (χ0) is 23.4. The van der Waals surface area contributed by atoms with Gasteiger partial charge in [-0.25, -0.2) is 4.79 Å². The van der Waals surface area contributed by atoms with Crippen molar-refractivity contribution < 1.29 is 27.5 Å². The van der Waals surface area contributed by atoms with E-state index in [-0.39, 0.29) is 13.0 Å². The third-order valence-corrected chi connectivity index (χ3v) is 5.24. The summed E-state index contributed by atoms with van der Waals surface area (Å²) >= 11 is 0. The highest BCUT2D eigenvalue weighted by Crippen LogP contribution is 2.16. The van der Waals surface area contributed by atoms with Gasteiger partial charge in [-0.05, 0) is 12.8 Å². The first-order valence-electron chi connectivity index (χ1n) is 12.0. The smallest absolute Gasteiger partial charge is 0.464 e. The first-order chi connectivity index (χ1) is 14.8. The van der Waals surface area contributed by atoms with Gasteiger partial charge in [-0.15, -0.1) is 6.58 Å². The number of alkyl halides is 3. The Kier molecular flexibility index (Phi) is 18.2. The van der Waals surface area contributed by atoms with Crippen molar-refractivity contribution in [3.8, 4) is 0 Å². The molecule has 0 bridgehead atoms. The minimum Gasteiger partial charge on any atom is -0.464 e. The molecule has 0 radical (unpaired) electrons. The van der Waals surface area contributed by atoms with Crippen LogP contribution in [0.5, 0.6) is 0 Å². The summed E-state index contributed by atoms with van der Waals surface area (Å²) in [4.78, 5) is 22.9. The van der Waals surface area contributed by atoms with E-state index in [1.165, 1.54) is 76.7 Å². The van der Waals surface area contributed by atoms with Crippen LogP contribution in [0.4, 0.5) is 13.2 Å². The fourth-order valence-electron chi connectivity index (χ4n) is 3.37. The summed E-state index contributed by atoms with van der Waals surface area (Å²) in [6, 6.07) is -1.36. The number of halogens is 3. The van der Waals surface area contributed by atoms with Crippen molar-refractivity contribution in [3.05, 3.63) is 12.7 Å². The number of hydrogen-bond acceptors (Lipinski definition) is 3. The minimum atomic E-state index is -5.03. The van der Waals surface area contributed by atoms with Crippen LogP contribution in [0.3, 0.4) is 0 Å². The van der Waals surface area contributed by atoms with Gasteiger partial charge >= 0.3 is 18.1 Å². The molecule has 0 fully saturated rings. The molecule has 0 spiro atoms. The highest BCUT2D eigenvalue weighted by Gasteiger charge is 2.40. The molecule has 1 atom stereocenters. The highest BCUT2D eigenvalue weighted by atomic mass is 19.4. The number of ether oxygens (including phenoxy) is 1. The maximum absolute atomic E-state index is 12.3. The number of hydrogen-bond donors (Lipinski definition) is 1. The van der Waals surface area contributed by atoms with E-state index >= 15 is 0 Å². The van der Waals surface area contributed by atoms with Gasteiger partial charge in [0, 0.05) is 0 Å². The number of carbonyl (C=O) groups is 2. The van der Waals surface area contributed by atoms with Gasteiger partial charge in [0.25, 0.3) is 0 Å². The number of unbranched alkanes of at least 4 members (excludes halogenated alkanes) is 14. The van der Waals surface area contributed by atoms with Gasteiger partial charge in [-0.3, -0.25) is 4.79 Å². The van der Waals surface area contributed by atoms with Gasteiger partial charge in [-0.2, -0.15) is 13.2 Å². The third kappa shape index (κ3) is 17.8. The van der Waals surface area contributed by atoms with Gasteiger partial charge in [0.05, 0.1) is 6.61 Å². The molecule has 0 saturated carbocycles. The van der Waals surface area contributed by atoms with Gasteiger partial charge < -0.3 is 10.1 Å². The fraction of sp³-hybridized carbons (Fsp3) is 0.833. The molecule has 7 heteroatoms. The number of esters is 1. The van der Waals surface area contributed by atoms with E-state index in [0.29, 0.717) is 6.42 Å². The van der Waals surface area contributed by atoms with Crippen LogP contribution >= 0.6 is 0 Å². The minimum absolute atomic E-state index is 0.112. The van der Waals surface area contributed by atoms with Crippen molar-refractivity contribution in [2.75, 3.05) is 6.61 Å². The van der Waals surface area contributed by atoms with Gasteiger partial charge in [0.15, 0.2) is 0 Å². The van der Waals surface area contributed by atoms with Crippen LogP contribution in [0.2, 0.25) is 0 Å². The number of nitrogens with one attached hydrogen (secondary N) is 1. The average molecular weight is 450 g/mol. The SMILES string of the molecule is C=CCC(NC(=O)C(F)(F)F)C(=O)OCCCCCCCCCCCCCCCCC. The normalized spacial score (nSPS) is 12.4. The zero-order valence-electron chi connectivity index (χ0n) is 19.2. The van der Waals surface area contributed by atoms with E-state index in [1.54, 1.807) is 5.32 Å². The lowest BCUT2D eigenvalue weighted by atomic mass is 10.0. The molecule has 1 N–H and O–H groups in total. The lowest BCUT2D eigenvalue weighted by molar-refractivity contribution is -0.175. The highest BCUT2D eigenvalue weighted by molar-refractivity contribution is 5.87. The van der Waals surface area contributed by atoms with Crippen LogP contribution in [-0.2, 0) is 14.3 Å². The molecule has 182 valence electrons. The molecule has 0 aromatic rings. The molecule has 0 aromatic heterocycles. The van der Waals surface area contributed by atoms with Crippen molar-refractivity contribution in [2.45, 2.75) is 122 Å². The molecule has 0 saturated heterocycles. The summed E-state index contributed by atoms with van der Waals surface area (Å²) in [5, 5.41) is 1.65. The molecular weight excluding hydrogens is 407 g/mol. The van der Waals surface area contributed by atoms with Crippen molar-refractivity contribution in [1.82, 2.24) is 5.32 Å². The summed E-state index contributed by atoms with van der Waals surface area (Å²) in [6.45, 7) is 5.78. The second kappa shape index (κ2) is 19.2. The Morgan fingerprint density at radius 1 is 0.839 bits per heavy atom. The van der Waals surface area contributed by atoms with E-state index in [0.717, 1.165) is 19.3 Å². The Labute approximate surface area is 186 Å². The predicted octanol–water partition coefficient (Wildman–Crippen LogP) is 7.02. The van der Waals surface area contributed by atoms with Gasteiger partial charge in [0.1, 0.15) is 6.04 Å².